The summed E-state index contributed by atoms with van der Waals surface area (Å²) in [6, 6.07) is 1.67. The second-order valence-corrected chi connectivity index (χ2v) is 15.6. The molecule has 0 aromatic carbocycles. The number of aromatic nitrogens is 7. The fourth-order valence-corrected chi connectivity index (χ4v) is 8.66. The first kappa shape index (κ1) is 29.2. The molecule has 43 heavy (non-hydrogen) atoms. The van der Waals surface area contributed by atoms with Crippen LogP contribution in [0.25, 0.3) is 22.2 Å². The fourth-order valence-electron chi connectivity index (χ4n) is 5.42. The molecule has 0 saturated carbocycles. The average Bonchev–Trinajstić information content (AvgIpc) is 3.72. The Labute approximate surface area is 251 Å². The Morgan fingerprint density at radius 1 is 1.07 bits per heavy atom. The molecule has 4 aromatic heterocycles. The molecule has 3 fully saturated rings. The van der Waals surface area contributed by atoms with E-state index >= 15 is 0 Å². The number of nitrogen functional groups attached to an aromatic ring is 2. The third kappa shape index (κ3) is 5.51. The summed E-state index contributed by atoms with van der Waals surface area (Å²) < 4.78 is 52.5. The number of hydrogen-bond donors (Lipinski definition) is 5. The molecule has 7 heterocycles. The Hall–Kier alpha value is -2.48. The molecule has 2 bridgehead atoms. The smallest absolute Gasteiger partial charge is 0.383 e. The highest BCUT2D eigenvalue weighted by Gasteiger charge is 2.48. The fraction of sp³-hybridized carbons (Fsp3) is 0.476. The topological polar surface area (TPSA) is 239 Å². The number of H-pyrrole nitrogens is 1. The summed E-state index contributed by atoms with van der Waals surface area (Å²) in [6.07, 6.45) is -1.14. The number of anilines is 2. The van der Waals surface area contributed by atoms with Crippen LogP contribution >= 0.6 is 25.8 Å². The van der Waals surface area contributed by atoms with E-state index in [0.717, 1.165) is 0 Å². The van der Waals surface area contributed by atoms with Gasteiger partial charge in [0.2, 0.25) is 5.95 Å². The lowest BCUT2D eigenvalue weighted by atomic mass is 10.1. The lowest BCUT2D eigenvalue weighted by Gasteiger charge is -2.30. The van der Waals surface area contributed by atoms with E-state index in [-0.39, 0.29) is 42.6 Å². The lowest BCUT2D eigenvalue weighted by molar-refractivity contribution is -0.0909. The molecule has 3 aliphatic rings. The van der Waals surface area contributed by atoms with E-state index in [1.165, 1.54) is 17.2 Å². The molecule has 230 valence electrons. The summed E-state index contributed by atoms with van der Waals surface area (Å²) in [6.45, 7) is -7.99. The van der Waals surface area contributed by atoms with Gasteiger partial charge in [0.25, 0.3) is 5.56 Å². The van der Waals surface area contributed by atoms with Crippen molar-refractivity contribution >= 4 is 71.5 Å². The first-order valence-corrected chi connectivity index (χ1v) is 18.2. The van der Waals surface area contributed by atoms with E-state index in [1.807, 2.05) is 0 Å². The van der Waals surface area contributed by atoms with Crippen molar-refractivity contribution in [2.45, 2.75) is 49.7 Å². The minimum absolute atomic E-state index is 0.00731. The number of nitrogens with one attached hydrogen (secondary N) is 1. The van der Waals surface area contributed by atoms with E-state index in [9.17, 15) is 14.3 Å². The van der Waals surface area contributed by atoms with Crippen LogP contribution in [-0.2, 0) is 43.9 Å². The van der Waals surface area contributed by atoms with Crippen LogP contribution in [-0.4, -0.2) is 76.6 Å². The van der Waals surface area contributed by atoms with E-state index in [2.05, 4.69) is 37.2 Å². The van der Waals surface area contributed by atoms with E-state index in [0.29, 0.717) is 17.5 Å². The second-order valence-electron chi connectivity index (χ2n) is 10.0. The van der Waals surface area contributed by atoms with Crippen molar-refractivity contribution in [1.29, 1.82) is 0 Å². The van der Waals surface area contributed by atoms with Gasteiger partial charge in [-0.25, -0.2) is 19.5 Å². The largest absolute Gasteiger partial charge is 0.388 e. The summed E-state index contributed by atoms with van der Waals surface area (Å²) in [5.41, 5.74) is 11.7. The molecule has 6 N–H and O–H groups in total. The summed E-state index contributed by atoms with van der Waals surface area (Å²) in [4.78, 5) is 42.7. The molecule has 0 amide bonds. The first-order chi connectivity index (χ1) is 20.5. The number of hydrogen-bond acceptors (Lipinski definition) is 15. The molecule has 2 unspecified atom stereocenters. The maximum Gasteiger partial charge on any atom is 0.388 e. The van der Waals surface area contributed by atoms with Crippen LogP contribution in [0, 0.1) is 0 Å². The SMILES string of the molecule is Nc1nc2c(ncn2[C@@H]2O[C@H]3C[C@H]2OP(O)(=S)OC[C@H]2OCC[C@@H]2OP(=O)(S)O[C@H]3n2ccc3c(N)ncnc32)c(=O)[nH]1. The highest BCUT2D eigenvalue weighted by atomic mass is 32.7. The zero-order valence-corrected chi connectivity index (χ0v) is 25.4. The van der Waals surface area contributed by atoms with Crippen LogP contribution < -0.4 is 17.0 Å². The van der Waals surface area contributed by atoms with E-state index < -0.39 is 55.9 Å². The van der Waals surface area contributed by atoms with Crippen molar-refractivity contribution in [3.05, 3.63) is 35.3 Å². The van der Waals surface area contributed by atoms with Crippen LogP contribution in [0.2, 0.25) is 0 Å². The molecule has 18 nitrogen and oxygen atoms in total. The standard InChI is InChI=1S/C21H25N9O9P2S2/c22-15-9-1-3-29(16(9)25-7-24-15)20-11-5-12(19(36-11)30-8-26-14-17(30)27-21(23)28-18(14)31)38-40(32,42)35-6-13-10(2-4-34-13)37-41(33,43)39-20/h1,3,7-8,10-13,19-20H,2,4-6H2,(H,32,42)(H,33,43)(H2,22,24,25)(H3,23,27,28,31)/t10-,11-,12+,13+,19+,20+,40?,41?/m0/s1. The molecule has 0 spiro atoms. The number of rotatable bonds is 2. The lowest BCUT2D eigenvalue weighted by Crippen LogP contribution is -2.30. The molecular weight excluding hydrogens is 648 g/mol. The van der Waals surface area contributed by atoms with Gasteiger partial charge in [0.15, 0.2) is 23.6 Å². The van der Waals surface area contributed by atoms with Crippen LogP contribution in [0.1, 0.15) is 25.3 Å². The van der Waals surface area contributed by atoms with Gasteiger partial charge in [-0.3, -0.25) is 23.4 Å². The maximum absolute atomic E-state index is 13.8. The molecule has 4 aromatic rings. The molecule has 3 aliphatic heterocycles. The normalized spacial score (nSPS) is 35.4. The van der Waals surface area contributed by atoms with Gasteiger partial charge in [-0.2, -0.15) is 4.98 Å². The Morgan fingerprint density at radius 3 is 2.74 bits per heavy atom. The number of nitrogens with zero attached hydrogens (tertiary/aromatic N) is 6. The number of imidazole rings is 1. The minimum atomic E-state index is -4.14. The van der Waals surface area contributed by atoms with Crippen molar-refractivity contribution < 1.29 is 37.0 Å². The first-order valence-electron chi connectivity index (χ1n) is 12.9. The van der Waals surface area contributed by atoms with Crippen LogP contribution in [0.3, 0.4) is 0 Å². The Morgan fingerprint density at radius 2 is 1.91 bits per heavy atom. The monoisotopic (exact) mass is 673 g/mol. The van der Waals surface area contributed by atoms with Gasteiger partial charge in [0.05, 0.1) is 24.4 Å². The van der Waals surface area contributed by atoms with Gasteiger partial charge in [-0.05, 0) is 17.9 Å². The molecular formula is C21H25N9O9P2S2. The molecule has 22 heteroatoms. The predicted molar refractivity (Wildman–Crippen MR) is 156 cm³/mol. The molecule has 8 atom stereocenters. The third-order valence-corrected chi connectivity index (χ3v) is 10.5. The Bertz CT molecular complexity index is 1870. The molecule has 7 rings (SSSR count). The van der Waals surface area contributed by atoms with Gasteiger partial charge < -0.3 is 39.4 Å². The maximum atomic E-state index is 13.8. The van der Waals surface area contributed by atoms with Crippen LogP contribution in [0.5, 0.6) is 0 Å². The number of thiol groups is 1. The number of nitrogens with two attached hydrogens (primary N) is 2. The summed E-state index contributed by atoms with van der Waals surface area (Å²) in [5, 5.41) is 0.509. The van der Waals surface area contributed by atoms with Crippen LogP contribution in [0.4, 0.5) is 11.8 Å². The van der Waals surface area contributed by atoms with Gasteiger partial charge in [-0.1, -0.05) is 12.2 Å². The number of fused-ring (bicyclic) bond motifs is 5. The Kier molecular flexibility index (Phi) is 7.38. The van der Waals surface area contributed by atoms with Gasteiger partial charge in [0.1, 0.15) is 36.1 Å². The quantitative estimate of drug-likeness (QED) is 0.149. The van der Waals surface area contributed by atoms with Crippen molar-refractivity contribution in [3.8, 4) is 0 Å². The zero-order valence-electron chi connectivity index (χ0n) is 21.9. The number of aromatic amines is 1. The van der Waals surface area contributed by atoms with E-state index in [1.54, 1.807) is 16.8 Å². The second kappa shape index (κ2) is 10.8. The van der Waals surface area contributed by atoms with E-state index in [4.69, 9.17) is 50.8 Å². The minimum Gasteiger partial charge on any atom is -0.383 e. The average molecular weight is 674 g/mol. The zero-order chi connectivity index (χ0) is 30.1. The van der Waals surface area contributed by atoms with Crippen LogP contribution in [0.15, 0.2) is 29.7 Å². The summed E-state index contributed by atoms with van der Waals surface area (Å²) in [5.74, 6) is 0.0635. The third-order valence-electron chi connectivity index (χ3n) is 7.28. The summed E-state index contributed by atoms with van der Waals surface area (Å²) in [7, 11) is 0. The van der Waals surface area contributed by atoms with Crippen molar-refractivity contribution in [3.63, 3.8) is 0 Å². The summed E-state index contributed by atoms with van der Waals surface area (Å²) >= 11 is 9.64. The molecule has 3 saturated heterocycles. The highest BCUT2D eigenvalue weighted by Crippen LogP contribution is 2.60. The molecule has 0 aliphatic carbocycles. The van der Waals surface area contributed by atoms with Gasteiger partial charge >= 0.3 is 13.5 Å². The predicted octanol–water partition coefficient (Wildman–Crippen LogP) is 1.38. The highest BCUT2D eigenvalue weighted by molar-refractivity contribution is 8.44. The van der Waals surface area contributed by atoms with Gasteiger partial charge in [-0.15, -0.1) is 0 Å². The van der Waals surface area contributed by atoms with Gasteiger partial charge in [0, 0.05) is 25.6 Å². The van der Waals surface area contributed by atoms with Crippen molar-refractivity contribution in [1.82, 2.24) is 34.1 Å². The molecule has 0 radical (unpaired) electrons. The number of ether oxygens (including phenoxy) is 2. The van der Waals surface area contributed by atoms with Crippen molar-refractivity contribution in [2.75, 3.05) is 24.7 Å². The Balaban J connectivity index is 1.36. The van der Waals surface area contributed by atoms with Crippen molar-refractivity contribution in [2.24, 2.45) is 0 Å².